The van der Waals surface area contributed by atoms with Crippen LogP contribution in [0.2, 0.25) is 0 Å². The number of fused-ring (bicyclic) bond motifs is 5. The van der Waals surface area contributed by atoms with Crippen molar-refractivity contribution in [1.29, 1.82) is 0 Å². The molecule has 23 heavy (non-hydrogen) atoms. The normalized spacial score (nSPS) is 22.3. The van der Waals surface area contributed by atoms with E-state index in [4.69, 9.17) is 0 Å². The van der Waals surface area contributed by atoms with E-state index in [0.29, 0.717) is 5.56 Å². The Morgan fingerprint density at radius 2 is 2.22 bits per heavy atom. The minimum atomic E-state index is 0.0866. The van der Waals surface area contributed by atoms with Crippen LogP contribution in [-0.2, 0) is 6.42 Å². The second-order valence-electron chi connectivity index (χ2n) is 6.22. The highest BCUT2D eigenvalue weighted by Gasteiger charge is 2.43. The zero-order valence-corrected chi connectivity index (χ0v) is 12.4. The lowest BCUT2D eigenvalue weighted by atomic mass is 9.98. The van der Waals surface area contributed by atoms with Gasteiger partial charge in [-0.2, -0.15) is 0 Å². The number of benzene rings is 1. The average molecular weight is 305 g/mol. The molecule has 5 rings (SSSR count). The van der Waals surface area contributed by atoms with Crippen LogP contribution in [0.4, 0.5) is 0 Å². The van der Waals surface area contributed by atoms with E-state index in [9.17, 15) is 4.79 Å². The third kappa shape index (κ3) is 1.81. The fourth-order valence-electron chi connectivity index (χ4n) is 3.95. The largest absolute Gasteiger partial charge is 0.345 e. The summed E-state index contributed by atoms with van der Waals surface area (Å²) in [5.74, 6) is 0.0866. The topological polar surface area (TPSA) is 74.8 Å². The zero-order valence-electron chi connectivity index (χ0n) is 12.4. The number of hydrogen-bond acceptors (Lipinski definition) is 4. The van der Waals surface area contributed by atoms with Crippen molar-refractivity contribution in [3.63, 3.8) is 0 Å². The van der Waals surface area contributed by atoms with Crippen molar-refractivity contribution in [2.45, 2.75) is 31.3 Å². The van der Waals surface area contributed by atoms with E-state index in [1.807, 2.05) is 29.3 Å². The summed E-state index contributed by atoms with van der Waals surface area (Å²) in [7, 11) is 0. The maximum atomic E-state index is 13.1. The summed E-state index contributed by atoms with van der Waals surface area (Å²) < 4.78 is 0. The van der Waals surface area contributed by atoms with Crippen molar-refractivity contribution >= 4 is 16.9 Å². The molecule has 2 unspecified atom stereocenters. The molecule has 114 valence electrons. The standard InChI is InChI=1S/C17H15N5O/c23-17(10-1-3-13-15(5-10)21-9-20-13)22-11-2-4-16(22)12-7-18-8-19-14(12)6-11/h1,3,5,7-9,11,16H,2,4,6H2,(H,20,21). The predicted molar refractivity (Wildman–Crippen MR) is 83.8 cm³/mol. The van der Waals surface area contributed by atoms with Crippen molar-refractivity contribution in [2.24, 2.45) is 0 Å². The van der Waals surface area contributed by atoms with Gasteiger partial charge in [-0.15, -0.1) is 0 Å². The number of H-pyrrole nitrogens is 1. The van der Waals surface area contributed by atoms with Gasteiger partial charge in [-0.05, 0) is 31.0 Å². The van der Waals surface area contributed by atoms with Crippen LogP contribution in [0.15, 0.2) is 37.1 Å². The Morgan fingerprint density at radius 3 is 3.17 bits per heavy atom. The number of carbonyl (C=O) groups excluding carboxylic acids is 1. The predicted octanol–water partition coefficient (Wildman–Crippen LogP) is 2.25. The first-order valence-electron chi connectivity index (χ1n) is 7.86. The third-order valence-electron chi connectivity index (χ3n) is 5.02. The highest BCUT2D eigenvalue weighted by atomic mass is 16.2. The van der Waals surface area contributed by atoms with Crippen LogP contribution in [0.1, 0.15) is 40.5 Å². The van der Waals surface area contributed by atoms with Gasteiger partial charge in [0.1, 0.15) is 6.33 Å². The molecule has 2 bridgehead atoms. The van der Waals surface area contributed by atoms with Gasteiger partial charge in [0.25, 0.3) is 5.91 Å². The third-order valence-corrected chi connectivity index (χ3v) is 5.02. The van der Waals surface area contributed by atoms with E-state index in [-0.39, 0.29) is 18.0 Å². The van der Waals surface area contributed by atoms with Gasteiger partial charge in [0.2, 0.25) is 0 Å². The molecule has 1 N–H and O–H groups in total. The molecule has 0 spiro atoms. The average Bonchev–Trinajstić information content (AvgIpc) is 3.17. The molecule has 0 saturated carbocycles. The summed E-state index contributed by atoms with van der Waals surface area (Å²) in [6.45, 7) is 0. The van der Waals surface area contributed by atoms with Gasteiger partial charge < -0.3 is 9.88 Å². The van der Waals surface area contributed by atoms with Crippen molar-refractivity contribution in [3.05, 3.63) is 53.9 Å². The summed E-state index contributed by atoms with van der Waals surface area (Å²) >= 11 is 0. The first-order valence-corrected chi connectivity index (χ1v) is 7.86. The van der Waals surface area contributed by atoms with Crippen molar-refractivity contribution in [3.8, 4) is 0 Å². The van der Waals surface area contributed by atoms with Crippen molar-refractivity contribution in [2.75, 3.05) is 0 Å². The summed E-state index contributed by atoms with van der Waals surface area (Å²) in [5, 5.41) is 0. The number of rotatable bonds is 1. The smallest absolute Gasteiger partial charge is 0.254 e. The lowest BCUT2D eigenvalue weighted by Crippen LogP contribution is -2.42. The summed E-state index contributed by atoms with van der Waals surface area (Å²) in [6.07, 6.45) is 7.96. The molecule has 1 saturated heterocycles. The van der Waals surface area contributed by atoms with E-state index in [1.54, 1.807) is 12.7 Å². The number of hydrogen-bond donors (Lipinski definition) is 1. The second kappa shape index (κ2) is 4.62. The SMILES string of the molecule is O=C(c1ccc2nc[nH]c2c1)N1C2CCC1c1cncnc1C2. The maximum Gasteiger partial charge on any atom is 0.254 e. The number of amides is 1. The molecule has 0 radical (unpaired) electrons. The van der Waals surface area contributed by atoms with Crippen LogP contribution in [0.5, 0.6) is 0 Å². The Bertz CT molecular complexity index is 918. The van der Waals surface area contributed by atoms with Crippen LogP contribution in [0, 0.1) is 0 Å². The number of nitrogens with zero attached hydrogens (tertiary/aromatic N) is 4. The highest BCUT2D eigenvalue weighted by molar-refractivity contribution is 5.98. The molecule has 1 aromatic carbocycles. The Labute approximate surface area is 132 Å². The Kier molecular flexibility index (Phi) is 2.56. The number of imidazole rings is 1. The van der Waals surface area contributed by atoms with E-state index in [1.165, 1.54) is 0 Å². The Morgan fingerprint density at radius 1 is 1.26 bits per heavy atom. The Balaban J connectivity index is 1.55. The highest BCUT2D eigenvalue weighted by Crippen LogP contribution is 2.43. The molecule has 0 aliphatic carbocycles. The van der Waals surface area contributed by atoms with Gasteiger partial charge in [-0.25, -0.2) is 15.0 Å². The molecule has 2 aliphatic heterocycles. The fourth-order valence-corrected chi connectivity index (χ4v) is 3.95. The van der Waals surface area contributed by atoms with Crippen LogP contribution in [0.3, 0.4) is 0 Å². The van der Waals surface area contributed by atoms with Crippen LogP contribution >= 0.6 is 0 Å². The van der Waals surface area contributed by atoms with Gasteiger partial charge in [0.15, 0.2) is 0 Å². The molecule has 2 aliphatic rings. The van der Waals surface area contributed by atoms with E-state index in [0.717, 1.165) is 41.6 Å². The minimum absolute atomic E-state index is 0.0866. The Hall–Kier alpha value is -2.76. The van der Waals surface area contributed by atoms with E-state index in [2.05, 4.69) is 19.9 Å². The molecule has 2 aromatic heterocycles. The number of nitrogens with one attached hydrogen (secondary N) is 1. The van der Waals surface area contributed by atoms with E-state index < -0.39 is 0 Å². The number of aromatic nitrogens is 4. The quantitative estimate of drug-likeness (QED) is 0.748. The molecule has 4 heterocycles. The zero-order chi connectivity index (χ0) is 15.4. The van der Waals surface area contributed by atoms with Crippen molar-refractivity contribution < 1.29 is 4.79 Å². The molecule has 1 fully saturated rings. The molecular formula is C17H15N5O. The fraction of sp³-hybridized carbons (Fsp3) is 0.294. The second-order valence-corrected chi connectivity index (χ2v) is 6.22. The monoisotopic (exact) mass is 305 g/mol. The van der Waals surface area contributed by atoms with Gasteiger partial charge in [-0.3, -0.25) is 4.79 Å². The molecule has 3 aromatic rings. The summed E-state index contributed by atoms with van der Waals surface area (Å²) in [6, 6.07) is 5.99. The van der Waals surface area contributed by atoms with Crippen LogP contribution < -0.4 is 0 Å². The van der Waals surface area contributed by atoms with Gasteiger partial charge >= 0.3 is 0 Å². The number of carbonyl (C=O) groups is 1. The maximum absolute atomic E-state index is 13.1. The molecule has 6 heteroatoms. The number of aromatic amines is 1. The molecule has 6 nitrogen and oxygen atoms in total. The lowest BCUT2D eigenvalue weighted by molar-refractivity contribution is 0.0644. The van der Waals surface area contributed by atoms with Crippen LogP contribution in [-0.4, -0.2) is 36.8 Å². The molecule has 1 amide bonds. The molecule has 2 atom stereocenters. The minimum Gasteiger partial charge on any atom is -0.345 e. The van der Waals surface area contributed by atoms with Gasteiger partial charge in [0.05, 0.1) is 29.1 Å². The van der Waals surface area contributed by atoms with Crippen molar-refractivity contribution in [1.82, 2.24) is 24.8 Å². The van der Waals surface area contributed by atoms with Crippen LogP contribution in [0.25, 0.3) is 11.0 Å². The lowest BCUT2D eigenvalue weighted by Gasteiger charge is -2.35. The first kappa shape index (κ1) is 12.8. The summed E-state index contributed by atoms with van der Waals surface area (Å²) in [4.78, 5) is 30.9. The van der Waals surface area contributed by atoms with E-state index >= 15 is 0 Å². The van der Waals surface area contributed by atoms with Gasteiger partial charge in [-0.1, -0.05) is 0 Å². The summed E-state index contributed by atoms with van der Waals surface area (Å²) in [5.41, 5.74) is 4.68. The first-order chi connectivity index (χ1) is 11.3. The molecular weight excluding hydrogens is 290 g/mol. The van der Waals surface area contributed by atoms with Gasteiger partial charge in [0, 0.05) is 29.8 Å².